The molecule has 1 aromatic carbocycles. The number of furan rings is 1. The first kappa shape index (κ1) is 24.6. The molecule has 3 heterocycles. The number of anilines is 4. The smallest absolute Gasteiger partial charge is 0.240 e. The van der Waals surface area contributed by atoms with Gasteiger partial charge in [-0.2, -0.15) is 0 Å². The lowest BCUT2D eigenvalue weighted by Crippen LogP contribution is -2.35. The molecule has 5 N–H and O–H groups in total. The maximum atomic E-state index is 12.5. The number of nitrogens with zero attached hydrogens (tertiary/aromatic N) is 3. The number of ether oxygens (including phenoxy) is 1. The van der Waals surface area contributed by atoms with Crippen LogP contribution in [0.4, 0.5) is 23.0 Å². The number of methoxy groups -OCH3 is 1. The van der Waals surface area contributed by atoms with Crippen LogP contribution in [0.3, 0.4) is 0 Å². The number of sulfonamides is 1. The molecule has 3 aromatic rings. The molecule has 1 fully saturated rings. The van der Waals surface area contributed by atoms with Crippen molar-refractivity contribution in [3.8, 4) is 0 Å². The van der Waals surface area contributed by atoms with Gasteiger partial charge in [-0.3, -0.25) is 5.41 Å². The van der Waals surface area contributed by atoms with Crippen LogP contribution in [0, 0.1) is 11.3 Å². The Morgan fingerprint density at radius 3 is 2.71 bits per heavy atom. The summed E-state index contributed by atoms with van der Waals surface area (Å²) in [5, 5.41) is 11.9. The lowest BCUT2D eigenvalue weighted by Gasteiger charge is -2.34. The molecule has 12 heteroatoms. The molecule has 0 radical (unpaired) electrons. The number of hydrogen-bond acceptors (Lipinski definition) is 10. The zero-order valence-electron chi connectivity index (χ0n) is 19.6. The molecule has 1 aliphatic rings. The second-order valence-corrected chi connectivity index (χ2v) is 10.2. The van der Waals surface area contributed by atoms with Crippen LogP contribution < -0.4 is 20.7 Å². The minimum Gasteiger partial charge on any atom is -0.472 e. The van der Waals surface area contributed by atoms with Crippen LogP contribution in [0.15, 0.2) is 52.4 Å². The quantitative estimate of drug-likeness (QED) is 0.324. The first-order valence-electron chi connectivity index (χ1n) is 11.1. The Balaban J connectivity index is 1.74. The van der Waals surface area contributed by atoms with Crippen LogP contribution in [-0.4, -0.2) is 58.0 Å². The lowest BCUT2D eigenvalue weighted by atomic mass is 9.97. The Bertz CT molecular complexity index is 1290. The van der Waals surface area contributed by atoms with E-state index in [-0.39, 0.29) is 16.4 Å². The minimum absolute atomic E-state index is 0.0836. The van der Waals surface area contributed by atoms with Gasteiger partial charge in [-0.25, -0.2) is 23.1 Å². The van der Waals surface area contributed by atoms with Gasteiger partial charge in [0.15, 0.2) is 0 Å². The van der Waals surface area contributed by atoms with E-state index < -0.39 is 10.0 Å². The van der Waals surface area contributed by atoms with Crippen molar-refractivity contribution < 1.29 is 17.6 Å². The van der Waals surface area contributed by atoms with Gasteiger partial charge in [0.25, 0.3) is 0 Å². The van der Waals surface area contributed by atoms with Gasteiger partial charge in [0.1, 0.15) is 18.0 Å². The van der Waals surface area contributed by atoms with Gasteiger partial charge in [-0.15, -0.1) is 0 Å². The first-order valence-corrected chi connectivity index (χ1v) is 12.6. The Hall–Kier alpha value is -3.48. The molecule has 0 atom stereocenters. The van der Waals surface area contributed by atoms with Crippen LogP contribution in [0.2, 0.25) is 0 Å². The molecule has 186 valence electrons. The molecule has 0 aliphatic carbocycles. The average Bonchev–Trinajstić information content (AvgIpc) is 3.40. The summed E-state index contributed by atoms with van der Waals surface area (Å²) in [5.41, 5.74) is 8.39. The minimum atomic E-state index is -3.68. The maximum absolute atomic E-state index is 12.5. The third-order valence-corrected chi connectivity index (χ3v) is 7.51. The van der Waals surface area contributed by atoms with E-state index in [1.165, 1.54) is 25.9 Å². The molecular weight excluding hydrogens is 470 g/mol. The van der Waals surface area contributed by atoms with Gasteiger partial charge >= 0.3 is 0 Å². The fraction of sp³-hybridized carbons (Fsp3) is 0.348. The van der Waals surface area contributed by atoms with Crippen molar-refractivity contribution in [2.24, 2.45) is 5.92 Å². The van der Waals surface area contributed by atoms with Gasteiger partial charge in [0.2, 0.25) is 10.0 Å². The molecule has 0 saturated carbocycles. The normalized spacial score (nSPS) is 14.7. The van der Waals surface area contributed by atoms with E-state index in [0.717, 1.165) is 38.2 Å². The summed E-state index contributed by atoms with van der Waals surface area (Å²) >= 11 is 0. The molecule has 11 nitrogen and oxygen atoms in total. The van der Waals surface area contributed by atoms with Gasteiger partial charge in [0, 0.05) is 32.4 Å². The third-order valence-electron chi connectivity index (χ3n) is 6.09. The van der Waals surface area contributed by atoms with E-state index in [1.807, 2.05) is 0 Å². The highest BCUT2D eigenvalue weighted by Crippen LogP contribution is 2.35. The SMILES string of the molecule is CNS(=O)(=O)c1ccc(N2CCC(COC)CC2)c(Nc2ncnc(N)c2C(=N)c2ccoc2)c1. The predicted octanol–water partition coefficient (Wildman–Crippen LogP) is 2.58. The highest BCUT2D eigenvalue weighted by molar-refractivity contribution is 7.89. The zero-order chi connectivity index (χ0) is 25.0. The molecule has 4 rings (SSSR count). The number of nitrogens with one attached hydrogen (secondary N) is 3. The Kier molecular flexibility index (Phi) is 7.34. The largest absolute Gasteiger partial charge is 0.472 e. The van der Waals surface area contributed by atoms with Crippen LogP contribution in [0.25, 0.3) is 0 Å². The van der Waals surface area contributed by atoms with Crippen LogP contribution in [0.5, 0.6) is 0 Å². The van der Waals surface area contributed by atoms with E-state index in [9.17, 15) is 8.42 Å². The van der Waals surface area contributed by atoms with Crippen molar-refractivity contribution >= 4 is 38.7 Å². The Morgan fingerprint density at radius 1 is 1.29 bits per heavy atom. The van der Waals surface area contributed by atoms with Crippen molar-refractivity contribution in [1.82, 2.24) is 14.7 Å². The molecule has 0 bridgehead atoms. The molecule has 0 spiro atoms. The summed E-state index contributed by atoms with van der Waals surface area (Å²) in [7, 11) is -0.607. The van der Waals surface area contributed by atoms with Crippen molar-refractivity contribution in [1.29, 1.82) is 5.41 Å². The topological polar surface area (TPSA) is 159 Å². The van der Waals surface area contributed by atoms with Gasteiger partial charge < -0.3 is 25.1 Å². The molecule has 0 amide bonds. The van der Waals surface area contributed by atoms with E-state index in [1.54, 1.807) is 31.4 Å². The number of piperidine rings is 1. The number of aromatic nitrogens is 2. The molecule has 35 heavy (non-hydrogen) atoms. The van der Waals surface area contributed by atoms with Crippen molar-refractivity contribution in [3.63, 3.8) is 0 Å². The molecule has 0 unspecified atom stereocenters. The predicted molar refractivity (Wildman–Crippen MR) is 134 cm³/mol. The van der Waals surface area contributed by atoms with Gasteiger partial charge in [0.05, 0.1) is 40.1 Å². The number of nitrogens with two attached hydrogens (primary N) is 1. The summed E-state index contributed by atoms with van der Waals surface area (Å²) < 4.78 is 37.8. The monoisotopic (exact) mass is 499 g/mol. The van der Waals surface area contributed by atoms with Crippen LogP contribution >= 0.6 is 0 Å². The summed E-state index contributed by atoms with van der Waals surface area (Å²) in [5.74, 6) is 0.896. The Morgan fingerprint density at radius 2 is 2.06 bits per heavy atom. The van der Waals surface area contributed by atoms with Gasteiger partial charge in [-0.1, -0.05) is 0 Å². The summed E-state index contributed by atoms with van der Waals surface area (Å²) in [6, 6.07) is 6.57. The van der Waals surface area contributed by atoms with Crippen molar-refractivity contribution in [3.05, 3.63) is 54.2 Å². The third kappa shape index (κ3) is 5.29. The average molecular weight is 500 g/mol. The highest BCUT2D eigenvalue weighted by atomic mass is 32.2. The maximum Gasteiger partial charge on any atom is 0.240 e. The van der Waals surface area contributed by atoms with Crippen LogP contribution in [0.1, 0.15) is 24.0 Å². The summed E-state index contributed by atoms with van der Waals surface area (Å²) in [6.07, 6.45) is 6.12. The molecule has 2 aromatic heterocycles. The molecule has 1 saturated heterocycles. The number of benzene rings is 1. The number of nitrogen functional groups attached to an aromatic ring is 1. The van der Waals surface area contributed by atoms with E-state index in [0.29, 0.717) is 28.6 Å². The summed E-state index contributed by atoms with van der Waals surface area (Å²) in [4.78, 5) is 10.7. The molecule has 1 aliphatic heterocycles. The number of hydrogen-bond donors (Lipinski definition) is 4. The van der Waals surface area contributed by atoms with Crippen LogP contribution in [-0.2, 0) is 14.8 Å². The zero-order valence-corrected chi connectivity index (χ0v) is 20.4. The van der Waals surface area contributed by atoms with E-state index in [2.05, 4.69) is 24.9 Å². The van der Waals surface area contributed by atoms with Crippen molar-refractivity contribution in [2.75, 3.05) is 49.8 Å². The standard InChI is InChI=1S/C23H29N7O4S/c1-26-35(31,32)17-3-4-19(30-8-5-15(6-9-30)12-33-2)18(11-17)29-23-20(22(25)27-14-28-23)21(24)16-7-10-34-13-16/h3-4,7,10-11,13-15,24,26H,5-6,8-9,12H2,1-2H3,(H3,25,27,28,29). The second-order valence-electron chi connectivity index (χ2n) is 8.27. The highest BCUT2D eigenvalue weighted by Gasteiger charge is 2.24. The Labute approximate surface area is 204 Å². The fourth-order valence-corrected chi connectivity index (χ4v) is 4.93. The second kappa shape index (κ2) is 10.4. The van der Waals surface area contributed by atoms with Crippen molar-refractivity contribution in [2.45, 2.75) is 17.7 Å². The van der Waals surface area contributed by atoms with E-state index in [4.69, 9.17) is 20.3 Å². The lowest BCUT2D eigenvalue weighted by molar-refractivity contribution is 0.139. The fourth-order valence-electron chi connectivity index (χ4n) is 4.17. The number of rotatable bonds is 9. The van der Waals surface area contributed by atoms with E-state index >= 15 is 0 Å². The molecular formula is C23H29N7O4S. The van der Waals surface area contributed by atoms with Gasteiger partial charge in [-0.05, 0) is 50.1 Å². The first-order chi connectivity index (χ1) is 16.8. The summed E-state index contributed by atoms with van der Waals surface area (Å²) in [6.45, 7) is 2.31.